The summed E-state index contributed by atoms with van der Waals surface area (Å²) in [6.07, 6.45) is 2.35. The van der Waals surface area contributed by atoms with Gasteiger partial charge in [-0.3, -0.25) is 5.43 Å². The Morgan fingerprint density at radius 3 is 2.74 bits per heavy atom. The molecule has 0 aliphatic heterocycles. The van der Waals surface area contributed by atoms with E-state index in [1.807, 2.05) is 0 Å². The molecule has 1 unspecified atom stereocenters. The zero-order chi connectivity index (χ0) is 13.7. The van der Waals surface area contributed by atoms with Crippen molar-refractivity contribution in [1.82, 2.24) is 24.7 Å². The number of nitrogens with two attached hydrogens (primary N) is 1. The summed E-state index contributed by atoms with van der Waals surface area (Å²) in [4.78, 5) is 12.1. The van der Waals surface area contributed by atoms with Crippen LogP contribution in [0.15, 0.2) is 18.5 Å². The fourth-order valence-corrected chi connectivity index (χ4v) is 1.27. The van der Waals surface area contributed by atoms with Crippen molar-refractivity contribution in [2.75, 3.05) is 23.9 Å². The summed E-state index contributed by atoms with van der Waals surface area (Å²) >= 11 is 0. The first-order chi connectivity index (χ1) is 9.22. The molecule has 0 bridgehead atoms. The molecule has 0 aliphatic carbocycles. The third-order valence-corrected chi connectivity index (χ3v) is 2.17. The predicted molar refractivity (Wildman–Crippen MR) is 66.3 cm³/mol. The van der Waals surface area contributed by atoms with Gasteiger partial charge in [0.1, 0.15) is 0 Å². The number of aromatic nitrogens is 5. The van der Waals surface area contributed by atoms with Crippen molar-refractivity contribution in [1.29, 1.82) is 0 Å². The fourth-order valence-electron chi connectivity index (χ4n) is 1.27. The highest BCUT2D eigenvalue weighted by Crippen LogP contribution is 2.07. The number of nitrogens with zero attached hydrogens (tertiary/aromatic N) is 5. The molecule has 6 N–H and O–H groups in total. The molecule has 2 rings (SSSR count). The summed E-state index contributed by atoms with van der Waals surface area (Å²) in [5.41, 5.74) is 2.32. The van der Waals surface area contributed by atoms with Gasteiger partial charge in [-0.1, -0.05) is 0 Å². The lowest BCUT2D eigenvalue weighted by Gasteiger charge is -2.10. The van der Waals surface area contributed by atoms with Crippen LogP contribution in [0, 0.1) is 0 Å². The summed E-state index contributed by atoms with van der Waals surface area (Å²) in [5, 5.41) is 24.7. The standard InChI is InChI=1S/C9H14N8O2/c10-16-8-13-7(11-4-6(19)5-18)14-9(15-8)17-3-1-2-12-17/h1-3,6,18-19H,4-5,10H2,(H2,11,13,14,15,16). The molecule has 0 amide bonds. The molecule has 0 fully saturated rings. The number of rotatable bonds is 6. The molecular formula is C9H14N8O2. The van der Waals surface area contributed by atoms with Crippen LogP contribution in [0.5, 0.6) is 0 Å². The number of aliphatic hydroxyl groups excluding tert-OH is 2. The average molecular weight is 266 g/mol. The zero-order valence-electron chi connectivity index (χ0n) is 9.93. The van der Waals surface area contributed by atoms with E-state index in [0.29, 0.717) is 0 Å². The van der Waals surface area contributed by atoms with Gasteiger partial charge in [0.05, 0.1) is 12.7 Å². The van der Waals surface area contributed by atoms with E-state index in [2.05, 4.69) is 30.8 Å². The lowest BCUT2D eigenvalue weighted by Crippen LogP contribution is -2.24. The van der Waals surface area contributed by atoms with Crippen LogP contribution in [0.25, 0.3) is 5.95 Å². The zero-order valence-corrected chi connectivity index (χ0v) is 9.93. The molecule has 0 radical (unpaired) electrons. The van der Waals surface area contributed by atoms with Gasteiger partial charge in [0.15, 0.2) is 0 Å². The Balaban J connectivity index is 2.21. The molecule has 102 valence electrons. The highest BCUT2D eigenvalue weighted by atomic mass is 16.3. The number of hydrogen-bond acceptors (Lipinski definition) is 9. The minimum absolute atomic E-state index is 0.100. The second-order valence-corrected chi connectivity index (χ2v) is 3.59. The van der Waals surface area contributed by atoms with Crippen molar-refractivity contribution in [2.45, 2.75) is 6.10 Å². The largest absolute Gasteiger partial charge is 0.394 e. The van der Waals surface area contributed by atoms with E-state index in [1.165, 1.54) is 4.68 Å². The summed E-state index contributed by atoms with van der Waals surface area (Å²) in [6.45, 7) is -0.255. The fraction of sp³-hybridized carbons (Fsp3) is 0.333. The number of aliphatic hydroxyl groups is 2. The minimum Gasteiger partial charge on any atom is -0.394 e. The summed E-state index contributed by atoms with van der Waals surface area (Å²) in [7, 11) is 0. The van der Waals surface area contributed by atoms with Crippen molar-refractivity contribution in [3.8, 4) is 5.95 Å². The van der Waals surface area contributed by atoms with Crippen molar-refractivity contribution >= 4 is 11.9 Å². The maximum absolute atomic E-state index is 9.26. The van der Waals surface area contributed by atoms with Crippen LogP contribution in [0.2, 0.25) is 0 Å². The van der Waals surface area contributed by atoms with Crippen molar-refractivity contribution in [3.05, 3.63) is 18.5 Å². The summed E-state index contributed by atoms with van der Waals surface area (Å²) in [5.74, 6) is 5.91. The molecule has 2 aromatic heterocycles. The molecular weight excluding hydrogens is 252 g/mol. The van der Waals surface area contributed by atoms with Gasteiger partial charge in [-0.15, -0.1) is 0 Å². The van der Waals surface area contributed by atoms with Gasteiger partial charge in [-0.2, -0.15) is 20.1 Å². The number of hydrogen-bond donors (Lipinski definition) is 5. The third kappa shape index (κ3) is 3.34. The van der Waals surface area contributed by atoms with Crippen molar-refractivity contribution < 1.29 is 10.2 Å². The van der Waals surface area contributed by atoms with Crippen LogP contribution in [0.3, 0.4) is 0 Å². The quantitative estimate of drug-likeness (QED) is 0.299. The number of nitrogen functional groups attached to an aromatic ring is 1. The first kappa shape index (κ1) is 13.1. The molecule has 0 saturated heterocycles. The second kappa shape index (κ2) is 6.04. The van der Waals surface area contributed by atoms with Crippen LogP contribution >= 0.6 is 0 Å². The monoisotopic (exact) mass is 266 g/mol. The summed E-state index contributed by atoms with van der Waals surface area (Å²) < 4.78 is 1.44. The van der Waals surface area contributed by atoms with E-state index in [1.54, 1.807) is 18.5 Å². The van der Waals surface area contributed by atoms with Gasteiger partial charge in [0.25, 0.3) is 5.95 Å². The second-order valence-electron chi connectivity index (χ2n) is 3.59. The Kier molecular flexibility index (Phi) is 4.18. The normalized spacial score (nSPS) is 12.2. The van der Waals surface area contributed by atoms with E-state index >= 15 is 0 Å². The molecule has 0 saturated carbocycles. The van der Waals surface area contributed by atoms with Crippen LogP contribution in [0.1, 0.15) is 0 Å². The van der Waals surface area contributed by atoms with E-state index in [9.17, 15) is 5.11 Å². The number of hydrazine groups is 1. The van der Waals surface area contributed by atoms with Gasteiger partial charge >= 0.3 is 0 Å². The number of anilines is 2. The van der Waals surface area contributed by atoms with Crippen molar-refractivity contribution in [2.24, 2.45) is 5.84 Å². The topological polar surface area (TPSA) is 147 Å². The Labute approximate surface area is 108 Å². The van der Waals surface area contributed by atoms with Crippen LogP contribution in [-0.2, 0) is 0 Å². The maximum Gasteiger partial charge on any atom is 0.257 e. The Hall–Kier alpha value is -2.30. The van der Waals surface area contributed by atoms with Gasteiger partial charge in [0.2, 0.25) is 11.9 Å². The molecule has 19 heavy (non-hydrogen) atoms. The van der Waals surface area contributed by atoms with E-state index < -0.39 is 6.10 Å². The van der Waals surface area contributed by atoms with Crippen LogP contribution < -0.4 is 16.6 Å². The average Bonchev–Trinajstić information content (AvgIpc) is 2.98. The summed E-state index contributed by atoms with van der Waals surface area (Å²) in [6, 6.07) is 1.72. The lowest BCUT2D eigenvalue weighted by atomic mass is 10.4. The van der Waals surface area contributed by atoms with Crippen LogP contribution in [-0.4, -0.2) is 54.2 Å². The molecule has 1 atom stereocenters. The van der Waals surface area contributed by atoms with Crippen molar-refractivity contribution in [3.63, 3.8) is 0 Å². The molecule has 0 spiro atoms. The number of nitrogens with one attached hydrogen (secondary N) is 2. The smallest absolute Gasteiger partial charge is 0.257 e. The molecule has 10 heteroatoms. The SMILES string of the molecule is NNc1nc(NCC(O)CO)nc(-n2cccn2)n1. The first-order valence-electron chi connectivity index (χ1n) is 5.48. The third-order valence-electron chi connectivity index (χ3n) is 2.17. The highest BCUT2D eigenvalue weighted by Gasteiger charge is 2.09. The van der Waals surface area contributed by atoms with E-state index in [4.69, 9.17) is 10.9 Å². The first-order valence-corrected chi connectivity index (χ1v) is 5.48. The van der Waals surface area contributed by atoms with E-state index in [0.717, 1.165) is 0 Å². The molecule has 0 aromatic carbocycles. The molecule has 0 aliphatic rings. The van der Waals surface area contributed by atoms with Gasteiger partial charge in [0, 0.05) is 18.9 Å². The Morgan fingerprint density at radius 1 is 1.32 bits per heavy atom. The van der Waals surface area contributed by atoms with Gasteiger partial charge in [-0.25, -0.2) is 10.5 Å². The molecule has 2 heterocycles. The molecule has 2 aromatic rings. The Bertz CT molecular complexity index is 517. The Morgan fingerprint density at radius 2 is 2.11 bits per heavy atom. The van der Waals surface area contributed by atoms with Crippen LogP contribution in [0.4, 0.5) is 11.9 Å². The van der Waals surface area contributed by atoms with E-state index in [-0.39, 0.29) is 31.0 Å². The predicted octanol–water partition coefficient (Wildman–Crippen LogP) is -1.89. The highest BCUT2D eigenvalue weighted by molar-refractivity contribution is 5.36. The molecule has 10 nitrogen and oxygen atoms in total. The maximum atomic E-state index is 9.26. The van der Waals surface area contributed by atoms with Gasteiger partial charge in [-0.05, 0) is 6.07 Å². The van der Waals surface area contributed by atoms with Gasteiger partial charge < -0.3 is 15.5 Å². The minimum atomic E-state index is -0.904. The lowest BCUT2D eigenvalue weighted by molar-refractivity contribution is 0.105.